The Labute approximate surface area is 166 Å². The Morgan fingerprint density at radius 1 is 1.11 bits per heavy atom. The number of amides is 1. The van der Waals surface area contributed by atoms with Gasteiger partial charge in [0, 0.05) is 56.4 Å². The Morgan fingerprint density at radius 3 is 2.71 bits per heavy atom. The molecule has 1 aromatic heterocycles. The van der Waals surface area contributed by atoms with Gasteiger partial charge in [0.05, 0.1) is 18.4 Å². The van der Waals surface area contributed by atoms with Crippen LogP contribution in [0.5, 0.6) is 5.75 Å². The van der Waals surface area contributed by atoms with Gasteiger partial charge in [-0.25, -0.2) is 0 Å². The maximum absolute atomic E-state index is 13.4. The van der Waals surface area contributed by atoms with E-state index in [4.69, 9.17) is 4.74 Å². The van der Waals surface area contributed by atoms with Gasteiger partial charge in [0.1, 0.15) is 5.75 Å². The van der Waals surface area contributed by atoms with Crippen molar-refractivity contribution in [3.05, 3.63) is 48.0 Å². The predicted octanol–water partition coefficient (Wildman–Crippen LogP) is 3.50. The van der Waals surface area contributed by atoms with Gasteiger partial charge in [0.25, 0.3) is 5.91 Å². The van der Waals surface area contributed by atoms with Crippen molar-refractivity contribution in [1.82, 2.24) is 14.9 Å². The molecule has 0 N–H and O–H groups in total. The van der Waals surface area contributed by atoms with Gasteiger partial charge in [-0.3, -0.25) is 14.8 Å². The van der Waals surface area contributed by atoms with E-state index in [0.29, 0.717) is 17.9 Å². The zero-order valence-corrected chi connectivity index (χ0v) is 16.5. The molecule has 0 spiro atoms. The van der Waals surface area contributed by atoms with Gasteiger partial charge in [-0.1, -0.05) is 0 Å². The van der Waals surface area contributed by atoms with Gasteiger partial charge >= 0.3 is 0 Å². The van der Waals surface area contributed by atoms with E-state index in [1.807, 2.05) is 23.2 Å². The summed E-state index contributed by atoms with van der Waals surface area (Å²) in [7, 11) is 1.63. The molecule has 0 aliphatic carbocycles. The Kier molecular flexibility index (Phi) is 5.74. The van der Waals surface area contributed by atoms with E-state index < -0.39 is 0 Å². The number of anilines is 1. The average molecular weight is 380 g/mol. The van der Waals surface area contributed by atoms with Crippen molar-refractivity contribution in [3.63, 3.8) is 0 Å². The molecule has 148 valence electrons. The molecule has 4 rings (SSSR count). The molecule has 6 heteroatoms. The number of piperidine rings is 2. The Hall–Kier alpha value is -2.63. The highest BCUT2D eigenvalue weighted by Crippen LogP contribution is 2.31. The van der Waals surface area contributed by atoms with Crippen LogP contribution in [-0.4, -0.2) is 54.1 Å². The fourth-order valence-electron chi connectivity index (χ4n) is 4.31. The molecule has 2 aliphatic heterocycles. The average Bonchev–Trinajstić information content (AvgIpc) is 2.79. The van der Waals surface area contributed by atoms with Crippen molar-refractivity contribution in [3.8, 4) is 5.75 Å². The summed E-state index contributed by atoms with van der Waals surface area (Å²) < 4.78 is 5.52. The normalized spacial score (nSPS) is 20.1. The Morgan fingerprint density at radius 2 is 1.96 bits per heavy atom. The number of nitrogens with zero attached hydrogens (tertiary/aromatic N) is 4. The van der Waals surface area contributed by atoms with Crippen LogP contribution in [0.3, 0.4) is 0 Å². The van der Waals surface area contributed by atoms with Crippen LogP contribution in [0, 0.1) is 0 Å². The third-order valence-electron chi connectivity index (χ3n) is 5.84. The lowest BCUT2D eigenvalue weighted by Crippen LogP contribution is -2.39. The minimum atomic E-state index is 0.0456. The largest absolute Gasteiger partial charge is 0.496 e. The third kappa shape index (κ3) is 3.96. The quantitative estimate of drug-likeness (QED) is 0.813. The van der Waals surface area contributed by atoms with E-state index in [9.17, 15) is 4.79 Å². The van der Waals surface area contributed by atoms with Gasteiger partial charge < -0.3 is 14.5 Å². The lowest BCUT2D eigenvalue weighted by molar-refractivity contribution is 0.0702. The van der Waals surface area contributed by atoms with E-state index in [2.05, 4.69) is 20.9 Å². The zero-order chi connectivity index (χ0) is 19.3. The fourth-order valence-corrected chi connectivity index (χ4v) is 4.31. The van der Waals surface area contributed by atoms with E-state index in [1.165, 1.54) is 19.3 Å². The summed E-state index contributed by atoms with van der Waals surface area (Å²) >= 11 is 0. The maximum atomic E-state index is 13.4. The molecule has 1 atom stereocenters. The highest BCUT2D eigenvalue weighted by Gasteiger charge is 2.28. The van der Waals surface area contributed by atoms with E-state index in [0.717, 1.165) is 43.9 Å². The van der Waals surface area contributed by atoms with Crippen LogP contribution in [0.15, 0.2) is 36.8 Å². The molecular weight excluding hydrogens is 352 g/mol. The van der Waals surface area contributed by atoms with Crippen LogP contribution < -0.4 is 9.64 Å². The third-order valence-corrected chi connectivity index (χ3v) is 5.84. The van der Waals surface area contributed by atoms with E-state index in [1.54, 1.807) is 19.5 Å². The minimum absolute atomic E-state index is 0.0456. The first-order valence-corrected chi connectivity index (χ1v) is 10.2. The zero-order valence-electron chi connectivity index (χ0n) is 16.5. The molecule has 0 saturated carbocycles. The predicted molar refractivity (Wildman–Crippen MR) is 109 cm³/mol. The molecule has 2 aliphatic rings. The van der Waals surface area contributed by atoms with Gasteiger partial charge in [0.15, 0.2) is 0 Å². The van der Waals surface area contributed by atoms with Crippen LogP contribution in [0.1, 0.15) is 54.1 Å². The topological polar surface area (TPSA) is 58.6 Å². The molecule has 0 radical (unpaired) electrons. The summed E-state index contributed by atoms with van der Waals surface area (Å²) in [4.78, 5) is 26.3. The van der Waals surface area contributed by atoms with Gasteiger partial charge in [0.2, 0.25) is 0 Å². The smallest absolute Gasteiger partial charge is 0.257 e. The highest BCUT2D eigenvalue weighted by atomic mass is 16.5. The monoisotopic (exact) mass is 380 g/mol. The summed E-state index contributed by atoms with van der Waals surface area (Å²) in [6.07, 6.45) is 10.9. The number of aromatic nitrogens is 2. The summed E-state index contributed by atoms with van der Waals surface area (Å²) in [5, 5.41) is 0. The molecule has 2 saturated heterocycles. The number of hydrogen-bond donors (Lipinski definition) is 0. The Balaban J connectivity index is 1.56. The SMILES string of the molecule is COc1ccc(N2CCCCC2)cc1C(=O)N1CCC[C@@H](c2cnccn2)C1. The second-order valence-corrected chi connectivity index (χ2v) is 7.65. The van der Waals surface area contributed by atoms with Crippen molar-refractivity contribution in [1.29, 1.82) is 0 Å². The molecule has 1 amide bonds. The molecule has 3 heterocycles. The van der Waals surface area contributed by atoms with Crippen molar-refractivity contribution < 1.29 is 9.53 Å². The molecular formula is C22H28N4O2. The molecule has 2 fully saturated rings. The van der Waals surface area contributed by atoms with Crippen molar-refractivity contribution in [2.24, 2.45) is 0 Å². The van der Waals surface area contributed by atoms with Gasteiger partial charge in [-0.15, -0.1) is 0 Å². The van der Waals surface area contributed by atoms with E-state index >= 15 is 0 Å². The minimum Gasteiger partial charge on any atom is -0.496 e. The summed E-state index contributed by atoms with van der Waals surface area (Å²) in [6, 6.07) is 6.01. The van der Waals surface area contributed by atoms with Gasteiger partial charge in [-0.05, 0) is 50.3 Å². The number of methoxy groups -OCH3 is 1. The standard InChI is InChI=1S/C22H28N4O2/c1-28-21-8-7-18(25-11-3-2-4-12-25)14-19(21)22(27)26-13-5-6-17(16-26)20-15-23-9-10-24-20/h7-10,14-15,17H,2-6,11-13,16H2,1H3/t17-/m1/s1. The maximum Gasteiger partial charge on any atom is 0.257 e. The van der Waals surface area contributed by atoms with Crippen LogP contribution in [0.2, 0.25) is 0 Å². The molecule has 1 aromatic carbocycles. The lowest BCUT2D eigenvalue weighted by Gasteiger charge is -2.33. The Bertz CT molecular complexity index is 805. The summed E-state index contributed by atoms with van der Waals surface area (Å²) in [6.45, 7) is 3.55. The second kappa shape index (κ2) is 8.59. The van der Waals surface area contributed by atoms with Crippen LogP contribution in [-0.2, 0) is 0 Å². The lowest BCUT2D eigenvalue weighted by atomic mass is 9.94. The number of carbonyl (C=O) groups excluding carboxylic acids is 1. The first-order valence-electron chi connectivity index (χ1n) is 10.2. The molecule has 6 nitrogen and oxygen atoms in total. The van der Waals surface area contributed by atoms with Crippen LogP contribution in [0.25, 0.3) is 0 Å². The number of hydrogen-bond acceptors (Lipinski definition) is 5. The van der Waals surface area contributed by atoms with Gasteiger partial charge in [-0.2, -0.15) is 0 Å². The molecule has 0 bridgehead atoms. The highest BCUT2D eigenvalue weighted by molar-refractivity contribution is 5.98. The first kappa shape index (κ1) is 18.7. The molecule has 28 heavy (non-hydrogen) atoms. The number of ether oxygens (including phenoxy) is 1. The summed E-state index contributed by atoms with van der Waals surface area (Å²) in [5.74, 6) is 0.930. The number of rotatable bonds is 4. The number of carbonyl (C=O) groups is 1. The summed E-state index contributed by atoms with van der Waals surface area (Å²) in [5.41, 5.74) is 2.74. The number of likely N-dealkylation sites (tertiary alicyclic amines) is 1. The van der Waals surface area contributed by atoms with Crippen LogP contribution >= 0.6 is 0 Å². The van der Waals surface area contributed by atoms with Crippen molar-refractivity contribution in [2.45, 2.75) is 38.0 Å². The van der Waals surface area contributed by atoms with Crippen molar-refractivity contribution in [2.75, 3.05) is 38.2 Å². The molecule has 0 unspecified atom stereocenters. The van der Waals surface area contributed by atoms with Crippen LogP contribution in [0.4, 0.5) is 5.69 Å². The molecule has 2 aromatic rings. The van der Waals surface area contributed by atoms with Crippen molar-refractivity contribution >= 4 is 11.6 Å². The number of benzene rings is 1. The van der Waals surface area contributed by atoms with E-state index in [-0.39, 0.29) is 11.8 Å². The second-order valence-electron chi connectivity index (χ2n) is 7.65. The fraction of sp³-hybridized carbons (Fsp3) is 0.500. The first-order chi connectivity index (χ1) is 13.8.